The molecule has 1 saturated heterocycles. The van der Waals surface area contributed by atoms with Gasteiger partial charge in [0, 0.05) is 6.61 Å². The van der Waals surface area contributed by atoms with Gasteiger partial charge in [-0.25, -0.2) is 0 Å². The topological polar surface area (TPSA) is 29.5 Å². The molecule has 0 spiro atoms. The molecular weight excluding hydrogens is 164 g/mol. The van der Waals surface area contributed by atoms with Crippen LogP contribution in [-0.2, 0) is 4.74 Å². The first-order valence-electron chi connectivity index (χ1n) is 5.41. The average Bonchev–Trinajstić information content (AvgIpc) is 2.50. The van der Waals surface area contributed by atoms with E-state index < -0.39 is 0 Å². The van der Waals surface area contributed by atoms with Crippen LogP contribution in [0.2, 0.25) is 0 Å². The first-order chi connectivity index (χ1) is 6.11. The predicted octanol–water partition coefficient (Wildman–Crippen LogP) is 2.21. The van der Waals surface area contributed by atoms with Gasteiger partial charge in [0.25, 0.3) is 0 Å². The maximum absolute atomic E-state index is 9.59. The quantitative estimate of drug-likeness (QED) is 0.729. The lowest BCUT2D eigenvalue weighted by atomic mass is 9.85. The fourth-order valence-corrected chi connectivity index (χ4v) is 2.16. The second-order valence-corrected chi connectivity index (χ2v) is 4.52. The van der Waals surface area contributed by atoms with E-state index in [-0.39, 0.29) is 6.10 Å². The minimum Gasteiger partial charge on any atom is -0.393 e. The third-order valence-corrected chi connectivity index (χ3v) is 3.03. The predicted molar refractivity (Wildman–Crippen MR) is 53.6 cm³/mol. The first-order valence-corrected chi connectivity index (χ1v) is 5.41. The van der Waals surface area contributed by atoms with Crippen LogP contribution >= 0.6 is 0 Å². The van der Waals surface area contributed by atoms with Crippen LogP contribution in [0.3, 0.4) is 0 Å². The van der Waals surface area contributed by atoms with Crippen LogP contribution in [0.5, 0.6) is 0 Å². The Balaban J connectivity index is 2.37. The van der Waals surface area contributed by atoms with E-state index in [0.29, 0.717) is 17.9 Å². The molecule has 0 amide bonds. The van der Waals surface area contributed by atoms with Gasteiger partial charge >= 0.3 is 0 Å². The molecule has 0 aromatic carbocycles. The minimum absolute atomic E-state index is 0.204. The van der Waals surface area contributed by atoms with Crippen molar-refractivity contribution < 1.29 is 9.84 Å². The lowest BCUT2D eigenvalue weighted by Gasteiger charge is -2.26. The third kappa shape index (κ3) is 3.28. The molecule has 3 atom stereocenters. The normalized spacial score (nSPS) is 27.9. The molecule has 1 N–H and O–H groups in total. The molecule has 2 nitrogen and oxygen atoms in total. The smallest absolute Gasteiger partial charge is 0.0579 e. The number of aliphatic hydroxyl groups excluding tert-OH is 1. The Hall–Kier alpha value is -0.0800. The van der Waals surface area contributed by atoms with Crippen molar-refractivity contribution in [1.82, 2.24) is 0 Å². The van der Waals surface area contributed by atoms with Crippen LogP contribution in [0.4, 0.5) is 0 Å². The zero-order valence-electron chi connectivity index (χ0n) is 8.99. The van der Waals surface area contributed by atoms with Crippen molar-refractivity contribution >= 4 is 0 Å². The standard InChI is InChI=1S/C11H22O2/c1-8(2)11(9(3)12)7-10-5-4-6-13-10/h8-12H,4-7H2,1-3H3. The molecule has 1 heterocycles. The summed E-state index contributed by atoms with van der Waals surface area (Å²) >= 11 is 0. The summed E-state index contributed by atoms with van der Waals surface area (Å²) < 4.78 is 5.57. The van der Waals surface area contributed by atoms with Crippen molar-refractivity contribution in [1.29, 1.82) is 0 Å². The Morgan fingerprint density at radius 2 is 2.08 bits per heavy atom. The summed E-state index contributed by atoms with van der Waals surface area (Å²) in [5, 5.41) is 9.59. The Bertz CT molecular complexity index is 129. The maximum atomic E-state index is 9.59. The van der Waals surface area contributed by atoms with Gasteiger partial charge in [0.05, 0.1) is 12.2 Å². The molecule has 1 rings (SSSR count). The maximum Gasteiger partial charge on any atom is 0.0579 e. The van der Waals surface area contributed by atoms with E-state index in [1.807, 2.05) is 6.92 Å². The van der Waals surface area contributed by atoms with Crippen LogP contribution in [0.25, 0.3) is 0 Å². The summed E-state index contributed by atoms with van der Waals surface area (Å²) in [4.78, 5) is 0. The van der Waals surface area contributed by atoms with Gasteiger partial charge in [0.2, 0.25) is 0 Å². The summed E-state index contributed by atoms with van der Waals surface area (Å²) in [5.41, 5.74) is 0. The fraction of sp³-hybridized carbons (Fsp3) is 1.00. The van der Waals surface area contributed by atoms with Gasteiger partial charge in [0.1, 0.15) is 0 Å². The first kappa shape index (κ1) is 11.0. The molecule has 0 aromatic rings. The van der Waals surface area contributed by atoms with Crippen LogP contribution in [0, 0.1) is 11.8 Å². The Morgan fingerprint density at radius 3 is 2.46 bits per heavy atom. The second-order valence-electron chi connectivity index (χ2n) is 4.52. The van der Waals surface area contributed by atoms with E-state index in [1.54, 1.807) is 0 Å². The Labute approximate surface area is 81.3 Å². The van der Waals surface area contributed by atoms with Gasteiger partial charge in [-0.2, -0.15) is 0 Å². The molecule has 0 aliphatic carbocycles. The minimum atomic E-state index is -0.204. The molecule has 0 saturated carbocycles. The highest BCUT2D eigenvalue weighted by Crippen LogP contribution is 2.26. The number of aliphatic hydroxyl groups is 1. The number of ether oxygens (including phenoxy) is 1. The zero-order valence-corrected chi connectivity index (χ0v) is 8.99. The molecule has 3 unspecified atom stereocenters. The molecule has 0 bridgehead atoms. The lowest BCUT2D eigenvalue weighted by Crippen LogP contribution is -2.26. The molecule has 0 radical (unpaired) electrons. The van der Waals surface area contributed by atoms with Crippen molar-refractivity contribution in [2.45, 2.75) is 52.2 Å². The van der Waals surface area contributed by atoms with E-state index in [1.165, 1.54) is 12.8 Å². The van der Waals surface area contributed by atoms with Crippen molar-refractivity contribution in [3.63, 3.8) is 0 Å². The number of hydrogen-bond acceptors (Lipinski definition) is 2. The van der Waals surface area contributed by atoms with Gasteiger partial charge in [-0.15, -0.1) is 0 Å². The van der Waals surface area contributed by atoms with Crippen LogP contribution in [0.15, 0.2) is 0 Å². The molecule has 13 heavy (non-hydrogen) atoms. The molecular formula is C11H22O2. The Morgan fingerprint density at radius 1 is 1.38 bits per heavy atom. The molecule has 1 aliphatic heterocycles. The number of hydrogen-bond donors (Lipinski definition) is 1. The van der Waals surface area contributed by atoms with Crippen LogP contribution in [-0.4, -0.2) is 23.9 Å². The summed E-state index contributed by atoms with van der Waals surface area (Å²) in [6, 6.07) is 0. The van der Waals surface area contributed by atoms with Gasteiger partial charge in [0.15, 0.2) is 0 Å². The second kappa shape index (κ2) is 4.97. The van der Waals surface area contributed by atoms with E-state index in [9.17, 15) is 5.11 Å². The van der Waals surface area contributed by atoms with Crippen molar-refractivity contribution in [2.24, 2.45) is 11.8 Å². The largest absolute Gasteiger partial charge is 0.393 e. The molecule has 1 aliphatic rings. The fourth-order valence-electron chi connectivity index (χ4n) is 2.16. The highest BCUT2D eigenvalue weighted by molar-refractivity contribution is 4.75. The highest BCUT2D eigenvalue weighted by Gasteiger charge is 2.25. The van der Waals surface area contributed by atoms with Crippen LogP contribution in [0.1, 0.15) is 40.0 Å². The SMILES string of the molecule is CC(C)C(CC1CCCO1)C(C)O. The summed E-state index contributed by atoms with van der Waals surface area (Å²) in [6.45, 7) is 7.15. The van der Waals surface area contributed by atoms with Crippen LogP contribution < -0.4 is 0 Å². The molecule has 0 aromatic heterocycles. The van der Waals surface area contributed by atoms with E-state index in [2.05, 4.69) is 13.8 Å². The van der Waals surface area contributed by atoms with Gasteiger partial charge in [-0.1, -0.05) is 13.8 Å². The van der Waals surface area contributed by atoms with E-state index in [4.69, 9.17) is 4.74 Å². The highest BCUT2D eigenvalue weighted by atomic mass is 16.5. The summed E-state index contributed by atoms with van der Waals surface area (Å²) in [7, 11) is 0. The van der Waals surface area contributed by atoms with Crippen molar-refractivity contribution in [2.75, 3.05) is 6.61 Å². The molecule has 1 fully saturated rings. The van der Waals surface area contributed by atoms with Gasteiger partial charge in [-0.05, 0) is 38.0 Å². The van der Waals surface area contributed by atoms with Crippen molar-refractivity contribution in [3.05, 3.63) is 0 Å². The Kier molecular flexibility index (Phi) is 4.20. The van der Waals surface area contributed by atoms with E-state index in [0.717, 1.165) is 13.0 Å². The van der Waals surface area contributed by atoms with Gasteiger partial charge in [-0.3, -0.25) is 0 Å². The molecule has 2 heteroatoms. The molecule has 78 valence electrons. The summed E-state index contributed by atoms with van der Waals surface area (Å²) in [6.07, 6.45) is 3.59. The lowest BCUT2D eigenvalue weighted by molar-refractivity contribution is 0.0338. The average molecular weight is 186 g/mol. The number of rotatable bonds is 4. The zero-order chi connectivity index (χ0) is 9.84. The van der Waals surface area contributed by atoms with E-state index >= 15 is 0 Å². The monoisotopic (exact) mass is 186 g/mol. The van der Waals surface area contributed by atoms with Gasteiger partial charge < -0.3 is 9.84 Å². The summed E-state index contributed by atoms with van der Waals surface area (Å²) in [5.74, 6) is 0.937. The third-order valence-electron chi connectivity index (χ3n) is 3.03. The van der Waals surface area contributed by atoms with Crippen molar-refractivity contribution in [3.8, 4) is 0 Å².